The van der Waals surface area contributed by atoms with Crippen LogP contribution in [-0.2, 0) is 22.6 Å². The minimum atomic E-state index is -0.176. The number of nitrogens with one attached hydrogen (secondary N) is 1. The smallest absolute Gasteiger partial charge is 0.238 e. The standard InChI is InChI=1S/C16H24N2O2/c17-18-16(19)10-14-8-4-5-9-15(14)12-20-11-13-6-2-1-3-7-13/h4-5,8-9,13H,1-3,6-7,10-12,17H2,(H,18,19). The molecule has 4 nitrogen and oxygen atoms in total. The molecule has 0 spiro atoms. The van der Waals surface area contributed by atoms with Gasteiger partial charge in [-0.05, 0) is 29.9 Å². The van der Waals surface area contributed by atoms with Crippen LogP contribution in [0.1, 0.15) is 43.2 Å². The Bertz CT molecular complexity index is 428. The summed E-state index contributed by atoms with van der Waals surface area (Å²) < 4.78 is 5.85. The quantitative estimate of drug-likeness (QED) is 0.476. The lowest BCUT2D eigenvalue weighted by atomic mass is 9.90. The first kappa shape index (κ1) is 15.0. The minimum absolute atomic E-state index is 0.176. The predicted octanol–water partition coefficient (Wildman–Crippen LogP) is 2.32. The second-order valence-electron chi connectivity index (χ2n) is 5.53. The van der Waals surface area contributed by atoms with E-state index in [-0.39, 0.29) is 5.91 Å². The fourth-order valence-corrected chi connectivity index (χ4v) is 2.78. The van der Waals surface area contributed by atoms with Crippen molar-refractivity contribution in [3.8, 4) is 0 Å². The lowest BCUT2D eigenvalue weighted by Crippen LogP contribution is -2.31. The summed E-state index contributed by atoms with van der Waals surface area (Å²) in [6, 6.07) is 7.88. The number of carbonyl (C=O) groups is 1. The van der Waals surface area contributed by atoms with Gasteiger partial charge in [-0.15, -0.1) is 0 Å². The number of carbonyl (C=O) groups excluding carboxylic acids is 1. The zero-order valence-corrected chi connectivity index (χ0v) is 11.9. The minimum Gasteiger partial charge on any atom is -0.376 e. The van der Waals surface area contributed by atoms with Crippen molar-refractivity contribution < 1.29 is 9.53 Å². The van der Waals surface area contributed by atoms with Crippen molar-refractivity contribution in [3.63, 3.8) is 0 Å². The summed E-state index contributed by atoms with van der Waals surface area (Å²) in [5.41, 5.74) is 4.23. The second kappa shape index (κ2) is 8.02. The molecule has 0 saturated heterocycles. The Morgan fingerprint density at radius 2 is 1.90 bits per heavy atom. The fourth-order valence-electron chi connectivity index (χ4n) is 2.78. The summed E-state index contributed by atoms with van der Waals surface area (Å²) in [6.07, 6.45) is 6.92. The molecule has 3 N–H and O–H groups in total. The van der Waals surface area contributed by atoms with Gasteiger partial charge in [-0.2, -0.15) is 0 Å². The molecule has 0 unspecified atom stereocenters. The van der Waals surface area contributed by atoms with Gasteiger partial charge in [-0.1, -0.05) is 43.5 Å². The van der Waals surface area contributed by atoms with Gasteiger partial charge < -0.3 is 4.74 Å². The van der Waals surface area contributed by atoms with Crippen molar-refractivity contribution in [1.82, 2.24) is 5.43 Å². The van der Waals surface area contributed by atoms with Crippen LogP contribution in [0.5, 0.6) is 0 Å². The molecule has 0 bridgehead atoms. The van der Waals surface area contributed by atoms with Gasteiger partial charge in [0, 0.05) is 6.61 Å². The normalized spacial score (nSPS) is 16.1. The number of hydrogen-bond acceptors (Lipinski definition) is 3. The maximum absolute atomic E-state index is 11.4. The molecule has 0 atom stereocenters. The van der Waals surface area contributed by atoms with Gasteiger partial charge >= 0.3 is 0 Å². The molecule has 0 radical (unpaired) electrons. The molecule has 20 heavy (non-hydrogen) atoms. The van der Waals surface area contributed by atoms with Crippen molar-refractivity contribution in [3.05, 3.63) is 35.4 Å². The van der Waals surface area contributed by atoms with Crippen molar-refractivity contribution in [2.75, 3.05) is 6.61 Å². The molecule has 1 fully saturated rings. The Morgan fingerprint density at radius 1 is 1.20 bits per heavy atom. The molecule has 1 saturated carbocycles. The average molecular weight is 276 g/mol. The van der Waals surface area contributed by atoms with Crippen molar-refractivity contribution in [2.24, 2.45) is 11.8 Å². The first-order chi connectivity index (χ1) is 9.79. The van der Waals surface area contributed by atoms with E-state index in [9.17, 15) is 4.79 Å². The van der Waals surface area contributed by atoms with Gasteiger partial charge in [0.25, 0.3) is 0 Å². The molecule has 4 heteroatoms. The largest absolute Gasteiger partial charge is 0.376 e. The number of hydrazine groups is 1. The number of rotatable bonds is 6. The van der Waals surface area contributed by atoms with Crippen LogP contribution >= 0.6 is 0 Å². The third-order valence-electron chi connectivity index (χ3n) is 3.97. The molecule has 2 rings (SSSR count). The zero-order chi connectivity index (χ0) is 14.2. The van der Waals surface area contributed by atoms with E-state index in [0.717, 1.165) is 17.7 Å². The maximum atomic E-state index is 11.4. The topological polar surface area (TPSA) is 64.3 Å². The first-order valence-corrected chi connectivity index (χ1v) is 7.43. The molecule has 110 valence electrons. The lowest BCUT2D eigenvalue weighted by molar-refractivity contribution is -0.120. The third kappa shape index (κ3) is 4.62. The van der Waals surface area contributed by atoms with E-state index in [1.54, 1.807) is 0 Å². The Hall–Kier alpha value is -1.39. The van der Waals surface area contributed by atoms with E-state index in [1.807, 2.05) is 24.3 Å². The van der Waals surface area contributed by atoms with E-state index in [2.05, 4.69) is 5.43 Å². The van der Waals surface area contributed by atoms with Crippen LogP contribution in [0.2, 0.25) is 0 Å². The zero-order valence-electron chi connectivity index (χ0n) is 11.9. The van der Waals surface area contributed by atoms with Gasteiger partial charge in [-0.25, -0.2) is 5.84 Å². The number of hydrogen-bond donors (Lipinski definition) is 2. The Morgan fingerprint density at radius 3 is 2.60 bits per heavy atom. The van der Waals surface area contributed by atoms with Crippen molar-refractivity contribution in [2.45, 2.75) is 45.1 Å². The number of ether oxygens (including phenoxy) is 1. The van der Waals surface area contributed by atoms with E-state index >= 15 is 0 Å². The highest BCUT2D eigenvalue weighted by Crippen LogP contribution is 2.24. The van der Waals surface area contributed by atoms with Crippen LogP contribution in [0.3, 0.4) is 0 Å². The van der Waals surface area contributed by atoms with E-state index in [0.29, 0.717) is 18.9 Å². The molecule has 1 aromatic rings. The maximum Gasteiger partial charge on any atom is 0.238 e. The van der Waals surface area contributed by atoms with E-state index < -0.39 is 0 Å². The van der Waals surface area contributed by atoms with Gasteiger partial charge in [0.15, 0.2) is 0 Å². The van der Waals surface area contributed by atoms with Gasteiger partial charge in [-0.3, -0.25) is 10.2 Å². The molecule has 0 heterocycles. The van der Waals surface area contributed by atoms with Crippen LogP contribution in [0.15, 0.2) is 24.3 Å². The molecule has 0 aromatic heterocycles. The highest BCUT2D eigenvalue weighted by atomic mass is 16.5. The van der Waals surface area contributed by atoms with Crippen LogP contribution in [0.4, 0.5) is 0 Å². The second-order valence-corrected chi connectivity index (χ2v) is 5.53. The molecular weight excluding hydrogens is 252 g/mol. The van der Waals surface area contributed by atoms with Gasteiger partial charge in [0.2, 0.25) is 5.91 Å². The average Bonchev–Trinajstić information content (AvgIpc) is 2.50. The van der Waals surface area contributed by atoms with E-state index in [4.69, 9.17) is 10.6 Å². The molecule has 1 amide bonds. The fraction of sp³-hybridized carbons (Fsp3) is 0.562. The predicted molar refractivity (Wildman–Crippen MR) is 78.7 cm³/mol. The van der Waals surface area contributed by atoms with E-state index in [1.165, 1.54) is 32.1 Å². The van der Waals surface area contributed by atoms with Crippen LogP contribution in [-0.4, -0.2) is 12.5 Å². The molecular formula is C16H24N2O2. The highest BCUT2D eigenvalue weighted by molar-refractivity contribution is 5.78. The lowest BCUT2D eigenvalue weighted by Gasteiger charge is -2.21. The summed E-state index contributed by atoms with van der Waals surface area (Å²) in [5, 5.41) is 0. The van der Waals surface area contributed by atoms with Gasteiger partial charge in [0.05, 0.1) is 13.0 Å². The number of benzene rings is 1. The Labute approximate surface area is 120 Å². The first-order valence-electron chi connectivity index (χ1n) is 7.43. The summed E-state index contributed by atoms with van der Waals surface area (Å²) in [4.78, 5) is 11.4. The van der Waals surface area contributed by atoms with Crippen LogP contribution < -0.4 is 11.3 Å². The monoisotopic (exact) mass is 276 g/mol. The summed E-state index contributed by atoms with van der Waals surface area (Å²) in [5.74, 6) is 5.67. The summed E-state index contributed by atoms with van der Waals surface area (Å²) >= 11 is 0. The summed E-state index contributed by atoms with van der Waals surface area (Å²) in [7, 11) is 0. The van der Waals surface area contributed by atoms with Crippen molar-refractivity contribution in [1.29, 1.82) is 0 Å². The number of amides is 1. The Kier molecular flexibility index (Phi) is 6.02. The third-order valence-corrected chi connectivity index (χ3v) is 3.97. The molecule has 1 aliphatic rings. The highest BCUT2D eigenvalue weighted by Gasteiger charge is 2.14. The SMILES string of the molecule is NNC(=O)Cc1ccccc1COCC1CCCCC1. The molecule has 1 aromatic carbocycles. The van der Waals surface area contributed by atoms with Crippen LogP contribution in [0, 0.1) is 5.92 Å². The van der Waals surface area contributed by atoms with Crippen molar-refractivity contribution >= 4 is 5.91 Å². The number of nitrogens with two attached hydrogens (primary N) is 1. The van der Waals surface area contributed by atoms with Crippen LogP contribution in [0.25, 0.3) is 0 Å². The van der Waals surface area contributed by atoms with Gasteiger partial charge in [0.1, 0.15) is 0 Å². The molecule has 0 aliphatic heterocycles. The Balaban J connectivity index is 1.83. The molecule has 1 aliphatic carbocycles. The summed E-state index contributed by atoms with van der Waals surface area (Å²) in [6.45, 7) is 1.40.